The van der Waals surface area contributed by atoms with Crippen molar-refractivity contribution in [1.29, 1.82) is 0 Å². The van der Waals surface area contributed by atoms with Gasteiger partial charge in [0, 0.05) is 11.8 Å². The van der Waals surface area contributed by atoms with E-state index >= 15 is 0 Å². The molecule has 0 aliphatic carbocycles. The summed E-state index contributed by atoms with van der Waals surface area (Å²) in [5.74, 6) is -1.21. The average molecular weight is 462 g/mol. The van der Waals surface area contributed by atoms with Gasteiger partial charge in [0.1, 0.15) is 29.7 Å². The van der Waals surface area contributed by atoms with Crippen LogP contribution in [0.2, 0.25) is 0 Å². The molecule has 5 nitrogen and oxygen atoms in total. The van der Waals surface area contributed by atoms with Crippen molar-refractivity contribution in [2.45, 2.75) is 32.9 Å². The number of aromatic nitrogens is 2. The molecule has 4 rings (SSSR count). The Labute approximate surface area is 197 Å². The highest BCUT2D eigenvalue weighted by Crippen LogP contribution is 2.22. The van der Waals surface area contributed by atoms with E-state index in [1.807, 2.05) is 24.3 Å². The van der Waals surface area contributed by atoms with E-state index < -0.39 is 23.2 Å². The maximum Gasteiger partial charge on any atom is 0.276 e. The van der Waals surface area contributed by atoms with E-state index in [1.165, 1.54) is 17.7 Å². The van der Waals surface area contributed by atoms with E-state index in [1.54, 1.807) is 10.9 Å². The summed E-state index contributed by atoms with van der Waals surface area (Å²) in [6.45, 7) is 5.11. The zero-order valence-electron chi connectivity index (χ0n) is 19.0. The largest absolute Gasteiger partial charge is 0.489 e. The third kappa shape index (κ3) is 5.49. The summed E-state index contributed by atoms with van der Waals surface area (Å²) in [7, 11) is 0. The van der Waals surface area contributed by atoms with Crippen LogP contribution in [0, 0.1) is 11.6 Å². The van der Waals surface area contributed by atoms with Crippen molar-refractivity contribution in [3.63, 3.8) is 0 Å². The third-order valence-corrected chi connectivity index (χ3v) is 5.42. The van der Waals surface area contributed by atoms with E-state index in [9.17, 15) is 13.6 Å². The lowest BCUT2D eigenvalue weighted by atomic mass is 10.0. The minimum absolute atomic E-state index is 0.0475. The first-order valence-corrected chi connectivity index (χ1v) is 11.0. The number of carbonyl (C=O) groups excluding carboxylic acids is 1. The highest BCUT2D eigenvalue weighted by atomic mass is 19.1. The van der Waals surface area contributed by atoms with Crippen molar-refractivity contribution < 1.29 is 18.3 Å². The second-order valence-corrected chi connectivity index (χ2v) is 8.24. The van der Waals surface area contributed by atoms with Gasteiger partial charge >= 0.3 is 0 Å². The van der Waals surface area contributed by atoms with Crippen molar-refractivity contribution in [3.05, 3.63) is 113 Å². The number of hydrogen-bond acceptors (Lipinski definition) is 3. The van der Waals surface area contributed by atoms with Crippen LogP contribution in [0.5, 0.6) is 5.75 Å². The first-order valence-electron chi connectivity index (χ1n) is 11.0. The molecular formula is C27H25F2N3O2. The lowest BCUT2D eigenvalue weighted by Crippen LogP contribution is -2.15. The molecule has 3 aromatic carbocycles. The lowest BCUT2D eigenvalue weighted by molar-refractivity contribution is 0.102. The maximum atomic E-state index is 13.8. The molecule has 34 heavy (non-hydrogen) atoms. The van der Waals surface area contributed by atoms with Crippen LogP contribution < -0.4 is 10.1 Å². The van der Waals surface area contributed by atoms with Gasteiger partial charge in [0.15, 0.2) is 5.69 Å². The van der Waals surface area contributed by atoms with Crippen molar-refractivity contribution >= 4 is 11.6 Å². The number of benzene rings is 3. The summed E-state index contributed by atoms with van der Waals surface area (Å²) in [6.07, 6.45) is 1.63. The molecule has 0 saturated heterocycles. The molecule has 0 saturated carbocycles. The van der Waals surface area contributed by atoms with Crippen LogP contribution in [0.25, 0.3) is 0 Å². The van der Waals surface area contributed by atoms with Gasteiger partial charge in [0.05, 0.1) is 6.54 Å². The Morgan fingerprint density at radius 1 is 0.971 bits per heavy atom. The fourth-order valence-corrected chi connectivity index (χ4v) is 3.48. The summed E-state index contributed by atoms with van der Waals surface area (Å²) < 4.78 is 35.3. The fraction of sp³-hybridized carbons (Fsp3) is 0.185. The van der Waals surface area contributed by atoms with E-state index in [0.29, 0.717) is 24.8 Å². The molecule has 0 aliphatic rings. The Kier molecular flexibility index (Phi) is 7.01. The molecule has 174 valence electrons. The van der Waals surface area contributed by atoms with Gasteiger partial charge in [0.2, 0.25) is 0 Å². The third-order valence-electron chi connectivity index (χ3n) is 5.42. The van der Waals surface area contributed by atoms with Gasteiger partial charge in [-0.15, -0.1) is 0 Å². The van der Waals surface area contributed by atoms with E-state index in [2.05, 4.69) is 48.5 Å². The van der Waals surface area contributed by atoms with Gasteiger partial charge in [0.25, 0.3) is 5.91 Å². The van der Waals surface area contributed by atoms with Crippen molar-refractivity contribution in [2.75, 3.05) is 5.32 Å². The monoisotopic (exact) mass is 461 g/mol. The number of rotatable bonds is 8. The Morgan fingerprint density at radius 3 is 2.38 bits per heavy atom. The molecule has 1 amide bonds. The molecule has 1 aromatic heterocycles. The smallest absolute Gasteiger partial charge is 0.276 e. The summed E-state index contributed by atoms with van der Waals surface area (Å²) in [4.78, 5) is 12.4. The molecule has 0 fully saturated rings. The van der Waals surface area contributed by atoms with Gasteiger partial charge in [-0.25, -0.2) is 8.78 Å². The highest BCUT2D eigenvalue weighted by Gasteiger charge is 2.16. The number of halogens is 2. The number of nitrogens with one attached hydrogen (secondary N) is 1. The first kappa shape index (κ1) is 23.2. The molecule has 0 atom stereocenters. The summed E-state index contributed by atoms with van der Waals surface area (Å²) in [6, 6.07) is 20.8. The predicted molar refractivity (Wildman–Crippen MR) is 127 cm³/mol. The molecule has 0 radical (unpaired) electrons. The molecule has 1 N–H and O–H groups in total. The molecule has 1 heterocycles. The Hall–Kier alpha value is -4.00. The molecule has 0 unspecified atom stereocenters. The van der Waals surface area contributed by atoms with Crippen LogP contribution in [0.4, 0.5) is 14.5 Å². The Bertz CT molecular complexity index is 1260. The van der Waals surface area contributed by atoms with Crippen LogP contribution in [0.1, 0.15) is 46.9 Å². The number of nitrogens with zero attached hydrogens (tertiary/aromatic N) is 2. The standard InChI is InChI=1S/C27H25F2N3O2/c1-18(2)20-12-10-19(11-13-20)17-34-25-9-4-3-6-21(25)16-32-15-14-24(31-32)27(33)30-26-22(28)7-5-8-23(26)29/h3-15,18H,16-17H2,1-2H3,(H,30,33). The number of ether oxygens (including phenoxy) is 1. The Morgan fingerprint density at radius 2 is 1.68 bits per heavy atom. The van der Waals surface area contributed by atoms with Gasteiger partial charge in [-0.1, -0.05) is 62.4 Å². The molecule has 4 aromatic rings. The number of para-hydroxylation sites is 2. The first-order chi connectivity index (χ1) is 16.4. The van der Waals surface area contributed by atoms with Crippen LogP contribution in [-0.4, -0.2) is 15.7 Å². The Balaban J connectivity index is 1.42. The zero-order chi connectivity index (χ0) is 24.1. The van der Waals surface area contributed by atoms with Crippen LogP contribution in [-0.2, 0) is 13.2 Å². The predicted octanol–water partition coefficient (Wildman–Crippen LogP) is 6.16. The topological polar surface area (TPSA) is 56.1 Å². The van der Waals surface area contributed by atoms with Crippen LogP contribution in [0.3, 0.4) is 0 Å². The molecular weight excluding hydrogens is 436 g/mol. The summed E-state index contributed by atoms with van der Waals surface area (Å²) in [5.41, 5.74) is 2.78. The maximum absolute atomic E-state index is 13.8. The number of carbonyl (C=O) groups is 1. The molecule has 0 bridgehead atoms. The lowest BCUT2D eigenvalue weighted by Gasteiger charge is -2.12. The molecule has 0 aliphatic heterocycles. The molecule has 0 spiro atoms. The number of amides is 1. The van der Waals surface area contributed by atoms with Crippen LogP contribution >= 0.6 is 0 Å². The summed E-state index contributed by atoms with van der Waals surface area (Å²) >= 11 is 0. The van der Waals surface area contributed by atoms with Crippen molar-refractivity contribution in [3.8, 4) is 5.75 Å². The second-order valence-electron chi connectivity index (χ2n) is 8.24. The average Bonchev–Trinajstić information content (AvgIpc) is 3.30. The van der Waals surface area contributed by atoms with Crippen LogP contribution in [0.15, 0.2) is 79.0 Å². The minimum Gasteiger partial charge on any atom is -0.489 e. The highest BCUT2D eigenvalue weighted by molar-refractivity contribution is 6.02. The van der Waals surface area contributed by atoms with E-state index in [4.69, 9.17) is 4.74 Å². The summed E-state index contributed by atoms with van der Waals surface area (Å²) in [5, 5.41) is 6.49. The number of anilines is 1. The quantitative estimate of drug-likeness (QED) is 0.342. The van der Waals surface area contributed by atoms with Crippen molar-refractivity contribution in [2.24, 2.45) is 0 Å². The minimum atomic E-state index is -0.849. The van der Waals surface area contributed by atoms with E-state index in [-0.39, 0.29) is 5.69 Å². The van der Waals surface area contributed by atoms with Crippen molar-refractivity contribution in [1.82, 2.24) is 9.78 Å². The SMILES string of the molecule is CC(C)c1ccc(COc2ccccc2Cn2ccc(C(=O)Nc3c(F)cccc3F)n2)cc1. The van der Waals surface area contributed by atoms with E-state index in [0.717, 1.165) is 23.3 Å². The van der Waals surface area contributed by atoms with Gasteiger partial charge in [-0.3, -0.25) is 9.48 Å². The molecule has 7 heteroatoms. The second kappa shape index (κ2) is 10.3. The zero-order valence-corrected chi connectivity index (χ0v) is 19.0. The van der Waals surface area contributed by atoms with Gasteiger partial charge < -0.3 is 10.1 Å². The van der Waals surface area contributed by atoms with Gasteiger partial charge in [-0.05, 0) is 41.3 Å². The fourth-order valence-electron chi connectivity index (χ4n) is 3.48. The van der Waals surface area contributed by atoms with Gasteiger partial charge in [-0.2, -0.15) is 5.10 Å². The normalized spacial score (nSPS) is 11.0. The number of hydrogen-bond donors (Lipinski definition) is 1.